The normalized spacial score (nSPS) is 8.00. The van der Waals surface area contributed by atoms with Crippen molar-refractivity contribution in [3.8, 4) is 0 Å². The lowest BCUT2D eigenvalue weighted by Crippen LogP contribution is -1.84. The molecular formula is C7H7N5. The molecule has 0 radical (unpaired) electrons. The first-order valence-electron chi connectivity index (χ1n) is 3.30. The molecule has 5 heteroatoms. The Hall–Kier alpha value is -1.91. The molecule has 2 aromatic rings. The van der Waals surface area contributed by atoms with Crippen LogP contribution in [0.3, 0.4) is 0 Å². The van der Waals surface area contributed by atoms with Crippen molar-refractivity contribution in [2.24, 2.45) is 0 Å². The van der Waals surface area contributed by atoms with Crippen molar-refractivity contribution in [1.29, 1.82) is 0 Å². The van der Waals surface area contributed by atoms with Crippen LogP contribution in [0.15, 0.2) is 43.0 Å². The zero-order valence-electron chi connectivity index (χ0n) is 6.28. The van der Waals surface area contributed by atoms with E-state index in [1.54, 1.807) is 12.4 Å². The molecule has 0 saturated heterocycles. The maximum absolute atomic E-state index is 3.78. The maximum Gasteiger partial charge on any atom is 0.0716 e. The molecule has 0 unspecified atom stereocenters. The average Bonchev–Trinajstić information content (AvgIpc) is 2.24. The molecule has 0 spiro atoms. The first-order chi connectivity index (χ1) is 6.00. The Kier molecular flexibility index (Phi) is 3.99. The molecule has 0 aliphatic rings. The van der Waals surface area contributed by atoms with Gasteiger partial charge in [-0.2, -0.15) is 0 Å². The van der Waals surface area contributed by atoms with E-state index in [2.05, 4.69) is 25.6 Å². The third-order valence-corrected chi connectivity index (χ3v) is 0.910. The van der Waals surface area contributed by atoms with E-state index >= 15 is 0 Å². The molecule has 0 atom stereocenters. The Balaban J connectivity index is 0.000000120. The number of pyridine rings is 1. The zero-order valence-corrected chi connectivity index (χ0v) is 6.28. The lowest BCUT2D eigenvalue weighted by molar-refractivity contribution is 0.761. The number of hydrogen-bond acceptors (Lipinski definition) is 5. The maximum atomic E-state index is 3.78. The monoisotopic (exact) mass is 161 g/mol. The van der Waals surface area contributed by atoms with Crippen LogP contribution in [0, 0.1) is 0 Å². The van der Waals surface area contributed by atoms with Crippen LogP contribution in [0.2, 0.25) is 0 Å². The molecular weight excluding hydrogens is 154 g/mol. The minimum absolute atomic E-state index is 1.47. The summed E-state index contributed by atoms with van der Waals surface area (Å²) in [5.41, 5.74) is 0. The van der Waals surface area contributed by atoms with Crippen molar-refractivity contribution in [1.82, 2.24) is 25.6 Å². The van der Waals surface area contributed by atoms with E-state index in [1.807, 2.05) is 18.2 Å². The molecule has 0 aliphatic carbocycles. The fourth-order valence-corrected chi connectivity index (χ4v) is 0.478. The van der Waals surface area contributed by atoms with Gasteiger partial charge in [-0.05, 0) is 22.6 Å². The van der Waals surface area contributed by atoms with E-state index in [4.69, 9.17) is 0 Å². The molecule has 0 aliphatic heterocycles. The lowest BCUT2D eigenvalue weighted by atomic mass is 10.5. The lowest BCUT2D eigenvalue weighted by Gasteiger charge is -1.70. The Bertz CT molecular complexity index is 187. The predicted octanol–water partition coefficient (Wildman–Crippen LogP) is 0.348. The van der Waals surface area contributed by atoms with E-state index in [1.165, 1.54) is 12.4 Å². The summed E-state index contributed by atoms with van der Waals surface area (Å²) in [6.07, 6.45) is 6.43. The third-order valence-electron chi connectivity index (χ3n) is 0.910. The summed E-state index contributed by atoms with van der Waals surface area (Å²) < 4.78 is 0. The summed E-state index contributed by atoms with van der Waals surface area (Å²) in [5.74, 6) is 0. The quantitative estimate of drug-likeness (QED) is 0.557. The standard InChI is InChI=1S/C5H5N.C2H2N4/c2*1-2-4-6-5-3-1/h1-5H;1-2H. The fourth-order valence-electron chi connectivity index (χ4n) is 0.478. The van der Waals surface area contributed by atoms with Gasteiger partial charge in [0.1, 0.15) is 0 Å². The topological polar surface area (TPSA) is 64.5 Å². The molecule has 2 rings (SSSR count). The van der Waals surface area contributed by atoms with Crippen LogP contribution < -0.4 is 0 Å². The Morgan fingerprint density at radius 2 is 1.17 bits per heavy atom. The number of nitrogens with zero attached hydrogens (tertiary/aromatic N) is 5. The van der Waals surface area contributed by atoms with Crippen molar-refractivity contribution in [2.75, 3.05) is 0 Å². The predicted molar refractivity (Wildman–Crippen MR) is 41.9 cm³/mol. The second-order valence-electron chi connectivity index (χ2n) is 1.73. The number of rotatable bonds is 0. The summed E-state index contributed by atoms with van der Waals surface area (Å²) >= 11 is 0. The molecule has 2 heterocycles. The molecule has 0 saturated carbocycles. The van der Waals surface area contributed by atoms with Gasteiger partial charge in [0.15, 0.2) is 0 Å². The fraction of sp³-hybridized carbons (Fsp3) is 0. The van der Waals surface area contributed by atoms with E-state index in [0.717, 1.165) is 0 Å². The van der Waals surface area contributed by atoms with Crippen LogP contribution in [0.1, 0.15) is 0 Å². The van der Waals surface area contributed by atoms with Crippen molar-refractivity contribution in [2.45, 2.75) is 0 Å². The van der Waals surface area contributed by atoms with Gasteiger partial charge in [-0.1, -0.05) is 6.07 Å². The van der Waals surface area contributed by atoms with Crippen molar-refractivity contribution < 1.29 is 0 Å². The molecule has 0 fully saturated rings. The van der Waals surface area contributed by atoms with Crippen LogP contribution in [0.5, 0.6) is 0 Å². The third kappa shape index (κ3) is 3.99. The average molecular weight is 161 g/mol. The van der Waals surface area contributed by atoms with E-state index < -0.39 is 0 Å². The van der Waals surface area contributed by atoms with Gasteiger partial charge in [-0.15, -0.1) is 10.2 Å². The van der Waals surface area contributed by atoms with E-state index in [-0.39, 0.29) is 0 Å². The van der Waals surface area contributed by atoms with Gasteiger partial charge < -0.3 is 0 Å². The number of aromatic nitrogens is 5. The van der Waals surface area contributed by atoms with Gasteiger partial charge in [-0.3, -0.25) is 4.98 Å². The molecule has 0 aromatic carbocycles. The van der Waals surface area contributed by atoms with Crippen LogP contribution in [0.4, 0.5) is 0 Å². The highest BCUT2D eigenvalue weighted by Crippen LogP contribution is 1.73. The number of hydrogen-bond donors (Lipinski definition) is 0. The molecule has 12 heavy (non-hydrogen) atoms. The molecule has 0 amide bonds. The zero-order chi connectivity index (χ0) is 8.49. The van der Waals surface area contributed by atoms with Crippen LogP contribution in [-0.4, -0.2) is 25.6 Å². The minimum Gasteiger partial charge on any atom is -0.265 e. The highest BCUT2D eigenvalue weighted by atomic mass is 15.4. The minimum atomic E-state index is 1.47. The summed E-state index contributed by atoms with van der Waals surface area (Å²) in [6.45, 7) is 0. The Morgan fingerprint density at radius 1 is 0.583 bits per heavy atom. The summed E-state index contributed by atoms with van der Waals surface area (Å²) in [5, 5.41) is 13.1. The van der Waals surface area contributed by atoms with Crippen molar-refractivity contribution in [3.63, 3.8) is 0 Å². The second-order valence-corrected chi connectivity index (χ2v) is 1.73. The van der Waals surface area contributed by atoms with E-state index in [0.29, 0.717) is 0 Å². The van der Waals surface area contributed by atoms with Crippen LogP contribution in [0.25, 0.3) is 0 Å². The van der Waals surface area contributed by atoms with Crippen LogP contribution >= 0.6 is 0 Å². The first-order valence-corrected chi connectivity index (χ1v) is 3.30. The summed E-state index contributed by atoms with van der Waals surface area (Å²) in [7, 11) is 0. The van der Waals surface area contributed by atoms with E-state index in [9.17, 15) is 0 Å². The van der Waals surface area contributed by atoms with Gasteiger partial charge >= 0.3 is 0 Å². The van der Waals surface area contributed by atoms with Gasteiger partial charge in [0.2, 0.25) is 0 Å². The highest BCUT2D eigenvalue weighted by molar-refractivity contribution is 4.88. The largest absolute Gasteiger partial charge is 0.265 e. The second kappa shape index (κ2) is 5.84. The molecule has 2 aromatic heterocycles. The Labute approximate surface area is 69.5 Å². The summed E-state index contributed by atoms with van der Waals surface area (Å²) in [6, 6.07) is 5.72. The summed E-state index contributed by atoms with van der Waals surface area (Å²) in [4.78, 5) is 3.78. The van der Waals surface area contributed by atoms with Gasteiger partial charge in [0, 0.05) is 12.4 Å². The SMILES string of the molecule is c1ccncc1.c1cnnnn1. The Morgan fingerprint density at radius 3 is 1.33 bits per heavy atom. The first kappa shape index (κ1) is 8.19. The highest BCUT2D eigenvalue weighted by Gasteiger charge is 1.61. The smallest absolute Gasteiger partial charge is 0.0716 e. The van der Waals surface area contributed by atoms with Gasteiger partial charge in [-0.25, -0.2) is 0 Å². The van der Waals surface area contributed by atoms with Gasteiger partial charge in [0.25, 0.3) is 0 Å². The van der Waals surface area contributed by atoms with Crippen LogP contribution in [-0.2, 0) is 0 Å². The molecule has 0 bridgehead atoms. The van der Waals surface area contributed by atoms with Gasteiger partial charge in [0.05, 0.1) is 12.4 Å². The molecule has 0 N–H and O–H groups in total. The van der Waals surface area contributed by atoms with Crippen molar-refractivity contribution >= 4 is 0 Å². The molecule has 5 nitrogen and oxygen atoms in total. The van der Waals surface area contributed by atoms with Crippen molar-refractivity contribution in [3.05, 3.63) is 43.0 Å². The molecule has 60 valence electrons.